The molecule has 2 aromatic heterocycles. The first-order chi connectivity index (χ1) is 13.1. The number of benzene rings is 1. The fourth-order valence-electron chi connectivity index (χ4n) is 3.48. The minimum atomic E-state index is -0.0724. The second kappa shape index (κ2) is 7.31. The molecule has 1 unspecified atom stereocenters. The molecule has 3 aromatic rings. The molecule has 0 radical (unpaired) electrons. The number of rotatable bonds is 3. The van der Waals surface area contributed by atoms with Crippen molar-refractivity contribution in [3.8, 4) is 5.88 Å². The van der Waals surface area contributed by atoms with Gasteiger partial charge in [-0.05, 0) is 38.8 Å². The van der Waals surface area contributed by atoms with Gasteiger partial charge in [-0.3, -0.25) is 4.79 Å². The van der Waals surface area contributed by atoms with E-state index >= 15 is 0 Å². The topological polar surface area (TPSA) is 68.2 Å². The molecule has 6 heteroatoms. The van der Waals surface area contributed by atoms with Gasteiger partial charge in [0.2, 0.25) is 5.88 Å². The van der Waals surface area contributed by atoms with Crippen molar-refractivity contribution in [1.29, 1.82) is 0 Å². The zero-order valence-corrected chi connectivity index (χ0v) is 15.6. The van der Waals surface area contributed by atoms with E-state index in [0.717, 1.165) is 36.0 Å². The summed E-state index contributed by atoms with van der Waals surface area (Å²) >= 11 is 0. The van der Waals surface area contributed by atoms with Crippen molar-refractivity contribution in [1.82, 2.24) is 19.9 Å². The predicted octanol–water partition coefficient (Wildman–Crippen LogP) is 3.33. The summed E-state index contributed by atoms with van der Waals surface area (Å²) in [6, 6.07) is 13.4. The van der Waals surface area contributed by atoms with Gasteiger partial charge in [0.05, 0.1) is 12.1 Å². The number of aryl methyl sites for hydroxylation is 2. The predicted molar refractivity (Wildman–Crippen MR) is 103 cm³/mol. The van der Waals surface area contributed by atoms with Gasteiger partial charge in [0.25, 0.3) is 5.91 Å². The summed E-state index contributed by atoms with van der Waals surface area (Å²) in [4.78, 5) is 27.9. The molecule has 4 rings (SSSR count). The molecule has 0 bridgehead atoms. The third-order valence-corrected chi connectivity index (χ3v) is 4.71. The third-order valence-electron chi connectivity index (χ3n) is 4.71. The van der Waals surface area contributed by atoms with E-state index in [4.69, 9.17) is 4.74 Å². The standard InChI is InChI=1S/C21H22N4O2/c1-14-12-20(23-15(2)22-14)27-17-7-5-11-25(13-17)21(26)19-10-9-16-6-3-4-8-18(16)24-19/h3-4,6,8-10,12,17H,5,7,11,13H2,1-2H3. The molecule has 6 nitrogen and oxygen atoms in total. The highest BCUT2D eigenvalue weighted by Gasteiger charge is 2.27. The molecule has 1 atom stereocenters. The second-order valence-electron chi connectivity index (χ2n) is 6.92. The van der Waals surface area contributed by atoms with Crippen molar-refractivity contribution in [2.24, 2.45) is 0 Å². The number of fused-ring (bicyclic) bond motifs is 1. The van der Waals surface area contributed by atoms with E-state index in [1.807, 2.05) is 55.1 Å². The van der Waals surface area contributed by atoms with Crippen molar-refractivity contribution in [2.45, 2.75) is 32.8 Å². The number of pyridine rings is 1. The van der Waals surface area contributed by atoms with E-state index in [1.54, 1.807) is 6.07 Å². The van der Waals surface area contributed by atoms with Crippen LogP contribution in [-0.4, -0.2) is 45.0 Å². The molecule has 0 N–H and O–H groups in total. The van der Waals surface area contributed by atoms with Crippen LogP contribution in [0.2, 0.25) is 0 Å². The Hall–Kier alpha value is -3.02. The van der Waals surface area contributed by atoms with E-state index < -0.39 is 0 Å². The number of amides is 1. The third kappa shape index (κ3) is 3.89. The number of carbonyl (C=O) groups excluding carboxylic acids is 1. The molecule has 1 amide bonds. The number of hydrogen-bond donors (Lipinski definition) is 0. The first kappa shape index (κ1) is 17.4. The van der Waals surface area contributed by atoms with Gasteiger partial charge in [-0.2, -0.15) is 4.98 Å². The van der Waals surface area contributed by atoms with Gasteiger partial charge < -0.3 is 9.64 Å². The molecule has 1 aliphatic heterocycles. The first-order valence-electron chi connectivity index (χ1n) is 9.22. The molecular weight excluding hydrogens is 340 g/mol. The Balaban J connectivity index is 1.48. The van der Waals surface area contributed by atoms with Crippen LogP contribution in [0.4, 0.5) is 0 Å². The van der Waals surface area contributed by atoms with E-state index in [9.17, 15) is 4.79 Å². The van der Waals surface area contributed by atoms with Gasteiger partial charge in [-0.25, -0.2) is 9.97 Å². The number of piperidine rings is 1. The van der Waals surface area contributed by atoms with Crippen LogP contribution in [0.1, 0.15) is 34.8 Å². The van der Waals surface area contributed by atoms with Crippen LogP contribution in [0.5, 0.6) is 5.88 Å². The summed E-state index contributed by atoms with van der Waals surface area (Å²) in [6.45, 7) is 5.02. The number of aromatic nitrogens is 3. The van der Waals surface area contributed by atoms with E-state index in [-0.39, 0.29) is 12.0 Å². The average Bonchev–Trinajstić information content (AvgIpc) is 2.66. The quantitative estimate of drug-likeness (QED) is 0.715. The van der Waals surface area contributed by atoms with Crippen molar-refractivity contribution in [3.63, 3.8) is 0 Å². The van der Waals surface area contributed by atoms with Crippen LogP contribution in [0.25, 0.3) is 10.9 Å². The van der Waals surface area contributed by atoms with Crippen LogP contribution in [0, 0.1) is 13.8 Å². The maximum absolute atomic E-state index is 12.9. The highest BCUT2D eigenvalue weighted by Crippen LogP contribution is 2.20. The Kier molecular flexibility index (Phi) is 4.71. The molecule has 138 valence electrons. The molecule has 1 saturated heterocycles. The SMILES string of the molecule is Cc1cc(OC2CCCN(C(=O)c3ccc4ccccc4n3)C2)nc(C)n1. The zero-order valence-electron chi connectivity index (χ0n) is 15.6. The summed E-state index contributed by atoms with van der Waals surface area (Å²) < 4.78 is 6.04. The summed E-state index contributed by atoms with van der Waals surface area (Å²) in [5.74, 6) is 1.21. The molecule has 0 aliphatic carbocycles. The van der Waals surface area contributed by atoms with Crippen molar-refractivity contribution < 1.29 is 9.53 Å². The minimum Gasteiger partial charge on any atom is -0.472 e. The maximum Gasteiger partial charge on any atom is 0.272 e. The van der Waals surface area contributed by atoms with E-state index in [2.05, 4.69) is 15.0 Å². The van der Waals surface area contributed by atoms with Crippen LogP contribution in [0.3, 0.4) is 0 Å². The molecule has 1 fully saturated rings. The van der Waals surface area contributed by atoms with Crippen LogP contribution >= 0.6 is 0 Å². The van der Waals surface area contributed by atoms with Crippen molar-refractivity contribution in [2.75, 3.05) is 13.1 Å². The molecular formula is C21H22N4O2. The first-order valence-corrected chi connectivity index (χ1v) is 9.22. The maximum atomic E-state index is 12.9. The highest BCUT2D eigenvalue weighted by atomic mass is 16.5. The Morgan fingerprint density at radius 3 is 2.81 bits per heavy atom. The normalized spacial score (nSPS) is 17.1. The van der Waals surface area contributed by atoms with Crippen LogP contribution in [0.15, 0.2) is 42.5 Å². The Labute approximate surface area is 158 Å². The van der Waals surface area contributed by atoms with Crippen molar-refractivity contribution >= 4 is 16.8 Å². The molecule has 0 saturated carbocycles. The molecule has 27 heavy (non-hydrogen) atoms. The van der Waals surface area contributed by atoms with E-state index in [1.165, 1.54) is 0 Å². The Bertz CT molecular complexity index is 969. The number of likely N-dealkylation sites (tertiary alicyclic amines) is 1. The fourth-order valence-corrected chi connectivity index (χ4v) is 3.48. The fraction of sp³-hybridized carbons (Fsp3) is 0.333. The largest absolute Gasteiger partial charge is 0.472 e. The van der Waals surface area contributed by atoms with Gasteiger partial charge in [0.1, 0.15) is 17.6 Å². The van der Waals surface area contributed by atoms with Gasteiger partial charge >= 0.3 is 0 Å². The zero-order chi connectivity index (χ0) is 18.8. The van der Waals surface area contributed by atoms with E-state index in [0.29, 0.717) is 23.9 Å². The minimum absolute atomic E-state index is 0.0518. The van der Waals surface area contributed by atoms with Gasteiger partial charge in [-0.15, -0.1) is 0 Å². The number of hydrogen-bond acceptors (Lipinski definition) is 5. The lowest BCUT2D eigenvalue weighted by molar-refractivity contribution is 0.0522. The van der Waals surface area contributed by atoms with Gasteiger partial charge in [-0.1, -0.05) is 24.3 Å². The lowest BCUT2D eigenvalue weighted by Gasteiger charge is -2.32. The van der Waals surface area contributed by atoms with Gasteiger partial charge in [0.15, 0.2) is 0 Å². The number of nitrogens with zero attached hydrogens (tertiary/aromatic N) is 4. The second-order valence-corrected chi connectivity index (χ2v) is 6.92. The lowest BCUT2D eigenvalue weighted by atomic mass is 10.1. The number of ether oxygens (including phenoxy) is 1. The molecule has 1 aliphatic rings. The number of carbonyl (C=O) groups is 1. The molecule has 3 heterocycles. The Morgan fingerprint density at radius 1 is 1.11 bits per heavy atom. The number of para-hydroxylation sites is 1. The summed E-state index contributed by atoms with van der Waals surface area (Å²) in [6.07, 6.45) is 1.72. The molecule has 0 spiro atoms. The van der Waals surface area contributed by atoms with Crippen LogP contribution in [-0.2, 0) is 0 Å². The monoisotopic (exact) mass is 362 g/mol. The average molecular weight is 362 g/mol. The Morgan fingerprint density at radius 2 is 1.96 bits per heavy atom. The summed E-state index contributed by atoms with van der Waals surface area (Å²) in [5.41, 5.74) is 2.18. The van der Waals surface area contributed by atoms with Crippen molar-refractivity contribution in [3.05, 3.63) is 59.7 Å². The summed E-state index contributed by atoms with van der Waals surface area (Å²) in [5, 5.41) is 1.03. The smallest absolute Gasteiger partial charge is 0.272 e. The van der Waals surface area contributed by atoms with Gasteiger partial charge in [0, 0.05) is 23.7 Å². The van der Waals surface area contributed by atoms with Crippen LogP contribution < -0.4 is 4.74 Å². The molecule has 1 aromatic carbocycles. The lowest BCUT2D eigenvalue weighted by Crippen LogP contribution is -2.44. The highest BCUT2D eigenvalue weighted by molar-refractivity contribution is 5.95. The summed E-state index contributed by atoms with van der Waals surface area (Å²) in [7, 11) is 0.